The second kappa shape index (κ2) is 13.8. The van der Waals surface area contributed by atoms with Crippen molar-refractivity contribution < 1.29 is 19.0 Å². The summed E-state index contributed by atoms with van der Waals surface area (Å²) in [5.74, 6) is 1.92. The van der Waals surface area contributed by atoms with Gasteiger partial charge in [0.1, 0.15) is 18.2 Å². The number of rotatable bonds is 16. The van der Waals surface area contributed by atoms with E-state index in [-0.39, 0.29) is 24.6 Å². The Morgan fingerprint density at radius 2 is 1.77 bits per heavy atom. The number of ketones is 1. The zero-order valence-electron chi connectivity index (χ0n) is 23.7. The van der Waals surface area contributed by atoms with Crippen LogP contribution in [0.25, 0.3) is 0 Å². The highest BCUT2D eigenvalue weighted by atomic mass is 16.7. The average molecular weight is 489 g/mol. The van der Waals surface area contributed by atoms with E-state index in [2.05, 4.69) is 53.3 Å². The van der Waals surface area contributed by atoms with Crippen molar-refractivity contribution >= 4 is 5.78 Å². The monoisotopic (exact) mass is 488 g/mol. The summed E-state index contributed by atoms with van der Waals surface area (Å²) in [6.07, 6.45) is 17.7. The van der Waals surface area contributed by atoms with Gasteiger partial charge in [0.25, 0.3) is 0 Å². The van der Waals surface area contributed by atoms with Gasteiger partial charge in [-0.2, -0.15) is 0 Å². The summed E-state index contributed by atoms with van der Waals surface area (Å²) >= 11 is 0. The van der Waals surface area contributed by atoms with Crippen molar-refractivity contribution in [3.05, 3.63) is 36.1 Å². The number of methoxy groups -OCH3 is 1. The van der Waals surface area contributed by atoms with Crippen molar-refractivity contribution in [2.45, 2.75) is 117 Å². The molecule has 0 heterocycles. The number of Topliss-reactive ketones (excluding diaryl/α,β-unsaturated/α-hetero) is 1. The highest BCUT2D eigenvalue weighted by molar-refractivity contribution is 5.85. The highest BCUT2D eigenvalue weighted by Crippen LogP contribution is 2.56. The van der Waals surface area contributed by atoms with E-state index in [1.165, 1.54) is 25.7 Å². The number of hydrogen-bond acceptors (Lipinski definition) is 4. The molecule has 4 unspecified atom stereocenters. The van der Waals surface area contributed by atoms with Crippen molar-refractivity contribution in [2.75, 3.05) is 13.9 Å². The fourth-order valence-electron chi connectivity index (χ4n) is 5.36. The topological polar surface area (TPSA) is 44.8 Å². The molecule has 0 aromatic heterocycles. The Labute approximate surface area is 215 Å². The third-order valence-electron chi connectivity index (χ3n) is 8.60. The van der Waals surface area contributed by atoms with Crippen LogP contribution in [0.1, 0.15) is 106 Å². The maximum absolute atomic E-state index is 13.1. The molecule has 2 aliphatic rings. The third-order valence-corrected chi connectivity index (χ3v) is 8.60. The molecule has 0 aliphatic heterocycles. The summed E-state index contributed by atoms with van der Waals surface area (Å²) in [5.41, 5.74) is 0.540. The quantitative estimate of drug-likeness (QED) is 0.125. The highest BCUT2D eigenvalue weighted by Gasteiger charge is 2.45. The van der Waals surface area contributed by atoms with Crippen LogP contribution < -0.4 is 0 Å². The van der Waals surface area contributed by atoms with Crippen LogP contribution in [-0.2, 0) is 19.0 Å². The number of carbonyl (C=O) groups is 1. The zero-order valence-corrected chi connectivity index (χ0v) is 23.7. The first-order valence-electron chi connectivity index (χ1n) is 14.0. The molecule has 1 spiro atoms. The molecule has 0 aromatic rings. The number of carbonyl (C=O) groups excluding carboxylic acids is 1. The van der Waals surface area contributed by atoms with Gasteiger partial charge in [-0.25, -0.2) is 0 Å². The van der Waals surface area contributed by atoms with Gasteiger partial charge in [-0.15, -0.1) is 0 Å². The van der Waals surface area contributed by atoms with Gasteiger partial charge in [0.05, 0.1) is 6.10 Å². The molecule has 2 fully saturated rings. The van der Waals surface area contributed by atoms with Crippen molar-refractivity contribution in [2.24, 2.45) is 23.2 Å². The molecule has 0 bridgehead atoms. The minimum atomic E-state index is -0.957. The normalized spacial score (nSPS) is 22.5. The van der Waals surface area contributed by atoms with Crippen LogP contribution >= 0.6 is 0 Å². The van der Waals surface area contributed by atoms with Crippen LogP contribution in [0.2, 0.25) is 0 Å². The summed E-state index contributed by atoms with van der Waals surface area (Å²) in [6, 6.07) is 0. The molecule has 2 saturated carbocycles. The summed E-state index contributed by atoms with van der Waals surface area (Å²) in [7, 11) is 1.60. The smallest absolute Gasteiger partial charge is 0.162 e. The molecule has 0 aromatic carbocycles. The van der Waals surface area contributed by atoms with Crippen LogP contribution in [0, 0.1) is 23.2 Å². The SMILES string of the molecule is C=C(/C=C(\C=CC(C)CC)OC1CCC2(CC1)CC2)CC(OCOC)(C(C)=O)C(C)CC(C)CC. The van der Waals surface area contributed by atoms with Gasteiger partial charge in [0.15, 0.2) is 5.78 Å². The summed E-state index contributed by atoms with van der Waals surface area (Å²) in [5, 5.41) is 0. The molecule has 4 nitrogen and oxygen atoms in total. The predicted octanol–water partition coefficient (Wildman–Crippen LogP) is 8.18. The van der Waals surface area contributed by atoms with E-state index < -0.39 is 5.60 Å². The van der Waals surface area contributed by atoms with Gasteiger partial charge in [0.2, 0.25) is 0 Å². The molecule has 0 amide bonds. The summed E-state index contributed by atoms with van der Waals surface area (Å²) < 4.78 is 18.0. The van der Waals surface area contributed by atoms with Crippen molar-refractivity contribution in [3.8, 4) is 0 Å². The lowest BCUT2D eigenvalue weighted by Gasteiger charge is -2.38. The zero-order chi connectivity index (χ0) is 26.1. The summed E-state index contributed by atoms with van der Waals surface area (Å²) in [4.78, 5) is 13.1. The first-order valence-corrected chi connectivity index (χ1v) is 14.0. The molecule has 2 rings (SSSR count). The maximum Gasteiger partial charge on any atom is 0.162 e. The Morgan fingerprint density at radius 1 is 1.11 bits per heavy atom. The fraction of sp³-hybridized carbons (Fsp3) is 0.774. The molecular formula is C31H52O4. The van der Waals surface area contributed by atoms with E-state index in [0.717, 1.165) is 43.4 Å². The van der Waals surface area contributed by atoms with Gasteiger partial charge in [-0.3, -0.25) is 4.79 Å². The molecule has 2 aliphatic carbocycles. The Hall–Kier alpha value is -1.39. The molecule has 0 N–H and O–H groups in total. The van der Waals surface area contributed by atoms with Crippen molar-refractivity contribution in [1.82, 2.24) is 0 Å². The number of ether oxygens (including phenoxy) is 3. The third kappa shape index (κ3) is 8.89. The predicted molar refractivity (Wildman–Crippen MR) is 145 cm³/mol. The lowest BCUT2D eigenvalue weighted by Crippen LogP contribution is -2.47. The Kier molecular flexibility index (Phi) is 11.8. The average Bonchev–Trinajstić information content (AvgIpc) is 3.59. The van der Waals surface area contributed by atoms with Gasteiger partial charge in [-0.1, -0.05) is 60.1 Å². The fourth-order valence-corrected chi connectivity index (χ4v) is 5.36. The van der Waals surface area contributed by atoms with Crippen molar-refractivity contribution in [3.63, 3.8) is 0 Å². The molecule has 4 heteroatoms. The molecule has 4 atom stereocenters. The number of hydrogen-bond donors (Lipinski definition) is 0. The van der Waals surface area contributed by atoms with Gasteiger partial charge >= 0.3 is 0 Å². The van der Waals surface area contributed by atoms with Crippen LogP contribution in [0.4, 0.5) is 0 Å². The Balaban J connectivity index is 2.23. The standard InChI is InChI=1S/C31H52O4/c1-9-23(3)11-12-29(35-28-13-15-30(16-14-28)17-18-30)20-25(5)21-31(27(7)32,34-22-33-8)26(6)19-24(4)10-2/h11-12,20,23-24,26,28H,5,9-10,13-19,21-22H2,1-4,6-8H3/b12-11?,29-20+. The first kappa shape index (κ1) is 29.8. The lowest BCUT2D eigenvalue weighted by atomic mass is 9.75. The minimum absolute atomic E-state index is 0.0273. The van der Waals surface area contributed by atoms with Gasteiger partial charge < -0.3 is 14.2 Å². The van der Waals surface area contributed by atoms with Crippen LogP contribution in [-0.4, -0.2) is 31.4 Å². The molecule has 35 heavy (non-hydrogen) atoms. The van der Waals surface area contributed by atoms with E-state index in [4.69, 9.17) is 14.2 Å². The second-order valence-electron chi connectivity index (χ2n) is 11.6. The molecule has 0 saturated heterocycles. The molecule has 200 valence electrons. The molecular weight excluding hydrogens is 436 g/mol. The van der Waals surface area contributed by atoms with Crippen LogP contribution in [0.15, 0.2) is 36.1 Å². The Bertz CT molecular complexity index is 737. The van der Waals surface area contributed by atoms with E-state index >= 15 is 0 Å². The second-order valence-corrected chi connectivity index (χ2v) is 11.6. The van der Waals surface area contributed by atoms with E-state index in [1.807, 2.05) is 6.08 Å². The number of allylic oxidation sites excluding steroid dienone is 3. The van der Waals surface area contributed by atoms with Crippen LogP contribution in [0.5, 0.6) is 0 Å². The molecule has 0 radical (unpaired) electrons. The van der Waals surface area contributed by atoms with E-state index in [9.17, 15) is 4.79 Å². The minimum Gasteiger partial charge on any atom is -0.490 e. The summed E-state index contributed by atoms with van der Waals surface area (Å²) in [6.45, 7) is 17.0. The first-order chi connectivity index (χ1) is 16.6. The maximum atomic E-state index is 13.1. The van der Waals surface area contributed by atoms with E-state index in [0.29, 0.717) is 23.7 Å². The lowest BCUT2D eigenvalue weighted by molar-refractivity contribution is -0.174. The van der Waals surface area contributed by atoms with Gasteiger partial charge in [-0.05, 0) is 92.8 Å². The Morgan fingerprint density at radius 3 is 2.29 bits per heavy atom. The van der Waals surface area contributed by atoms with Gasteiger partial charge in [0, 0.05) is 13.5 Å². The van der Waals surface area contributed by atoms with Crippen molar-refractivity contribution in [1.29, 1.82) is 0 Å². The van der Waals surface area contributed by atoms with Crippen LogP contribution in [0.3, 0.4) is 0 Å². The van der Waals surface area contributed by atoms with E-state index in [1.54, 1.807) is 14.0 Å². The largest absolute Gasteiger partial charge is 0.490 e.